The number of ether oxygens (including phenoxy) is 12. The van der Waals surface area contributed by atoms with E-state index in [1.165, 1.54) is 58.1 Å². The number of unbranched alkanes of at least 4 members (excludes halogenated alkanes) is 8. The molecule has 5 saturated heterocycles. The van der Waals surface area contributed by atoms with Crippen molar-refractivity contribution in [1.29, 1.82) is 0 Å². The van der Waals surface area contributed by atoms with Gasteiger partial charge in [-0.1, -0.05) is 64.4 Å². The number of hydrogen-bond donors (Lipinski definition) is 19. The summed E-state index contributed by atoms with van der Waals surface area (Å²) in [5.74, 6) is -3.56. The normalized spacial score (nSPS) is 36.2. The van der Waals surface area contributed by atoms with E-state index in [4.69, 9.17) is 56.8 Å². The lowest BCUT2D eigenvalue weighted by molar-refractivity contribution is -0.354. The monoisotopic (exact) mass is 1430 g/mol. The maximum atomic E-state index is 13.9. The summed E-state index contributed by atoms with van der Waals surface area (Å²) >= 11 is 0. The molecular weight excluding hydrogens is 1320 g/mol. The second-order valence-electron chi connectivity index (χ2n) is 25.5. The van der Waals surface area contributed by atoms with Crippen LogP contribution in [0.2, 0.25) is 0 Å². The molecule has 0 aliphatic carbocycles. The molecule has 5 amide bonds. The van der Waals surface area contributed by atoms with Gasteiger partial charge >= 0.3 is 0 Å². The Morgan fingerprint density at radius 1 is 0.515 bits per heavy atom. The number of nitrogens with one attached hydrogen (secondary N) is 5. The molecule has 568 valence electrons. The van der Waals surface area contributed by atoms with Crippen molar-refractivity contribution in [2.75, 3.05) is 46.2 Å². The van der Waals surface area contributed by atoms with Crippen molar-refractivity contribution < 1.29 is 152 Å². The molecule has 99 heavy (non-hydrogen) atoms. The molecule has 0 radical (unpaired) electrons. The third-order valence-electron chi connectivity index (χ3n) is 17.7. The minimum Gasteiger partial charge on any atom is -0.494 e. The Bertz CT molecular complexity index is 2630. The standard InChI is InChI=1S/C63H105N5O31/c1-8-9-10-11-12-13-14-15-16-20-88-35-19-17-18-34(21-35)57(86)68-43-48(80)47(79)38(24-71)94-61(43)98-55-40(26-73)95-60(44(50(55)82)66-32(6)76)90-28(2)37(23-70)93-59(36(22-69)64-30(4)74)97-54-39(25-72)96-62(45(51(54)83)67-33(7)77)99-56-41(92-58(87)42(49(56)81)65-31(5)75)27-89-63-53(85)52(84)46(78)29(3)91-63/h17-19,21,28-29,36-56,58-63,69-73,78-85,87H,8-16,20,22-27H2,1-7H3,(H,64,74)(H,65,75)(H,66,76)(H,67,77)(H,68,86)/t28?,29?,36-,37?,38?,39-,40-,41?,42-,43-,44?,45?,46?,47+,48+,49+,50?,51?,52-,53+,54+,55+,56?,58?,59-,60+,61?,62?,63+/m0/s1. The summed E-state index contributed by atoms with van der Waals surface area (Å²) in [5, 5.41) is 167. The highest BCUT2D eigenvalue weighted by molar-refractivity contribution is 5.94. The molecule has 19 N–H and O–H groups in total. The molecule has 0 bridgehead atoms. The Morgan fingerprint density at radius 2 is 1.04 bits per heavy atom. The van der Waals surface area contributed by atoms with E-state index in [1.54, 1.807) is 12.1 Å². The first-order valence-corrected chi connectivity index (χ1v) is 33.6. The maximum absolute atomic E-state index is 13.9. The molecule has 0 spiro atoms. The van der Waals surface area contributed by atoms with Crippen LogP contribution in [0.5, 0.6) is 5.75 Å². The van der Waals surface area contributed by atoms with E-state index in [1.807, 2.05) is 0 Å². The zero-order valence-electron chi connectivity index (χ0n) is 56.6. The highest BCUT2D eigenvalue weighted by Gasteiger charge is 2.56. The van der Waals surface area contributed by atoms with Crippen LogP contribution in [0.25, 0.3) is 0 Å². The fourth-order valence-corrected chi connectivity index (χ4v) is 12.3. The summed E-state index contributed by atoms with van der Waals surface area (Å²) in [6.07, 6.45) is -32.1. The summed E-state index contributed by atoms with van der Waals surface area (Å²) < 4.78 is 72.1. The third-order valence-corrected chi connectivity index (χ3v) is 17.7. The first-order valence-electron chi connectivity index (χ1n) is 33.6. The van der Waals surface area contributed by atoms with Crippen molar-refractivity contribution in [2.24, 2.45) is 0 Å². The molecule has 0 aromatic heterocycles. The summed E-state index contributed by atoms with van der Waals surface area (Å²) in [6, 6.07) is -2.15. The predicted octanol–water partition coefficient (Wildman–Crippen LogP) is -6.51. The molecule has 36 heteroatoms. The number of carbonyl (C=O) groups is 5. The van der Waals surface area contributed by atoms with Crippen molar-refractivity contribution in [3.8, 4) is 5.75 Å². The molecule has 6 rings (SSSR count). The zero-order valence-corrected chi connectivity index (χ0v) is 56.6. The number of carbonyl (C=O) groups excluding carboxylic acids is 5. The van der Waals surface area contributed by atoms with Gasteiger partial charge < -0.3 is 155 Å². The second-order valence-corrected chi connectivity index (χ2v) is 25.5. The number of hydrogen-bond acceptors (Lipinski definition) is 31. The largest absolute Gasteiger partial charge is 0.494 e. The minimum absolute atomic E-state index is 0.0691. The molecule has 1 aromatic carbocycles. The van der Waals surface area contributed by atoms with Gasteiger partial charge in [0, 0.05) is 33.3 Å². The van der Waals surface area contributed by atoms with Gasteiger partial charge in [0.1, 0.15) is 134 Å². The topological polar surface area (TPSA) is 539 Å². The average Bonchev–Trinajstić information content (AvgIpc) is 0.782. The summed E-state index contributed by atoms with van der Waals surface area (Å²) in [4.78, 5) is 64.7. The van der Waals surface area contributed by atoms with E-state index in [0.29, 0.717) is 12.4 Å². The van der Waals surface area contributed by atoms with Gasteiger partial charge in [-0.15, -0.1) is 0 Å². The lowest BCUT2D eigenvalue weighted by Gasteiger charge is -2.49. The smallest absolute Gasteiger partial charge is 0.251 e. The van der Waals surface area contributed by atoms with Crippen LogP contribution in [-0.2, 0) is 71.3 Å². The van der Waals surface area contributed by atoms with Crippen LogP contribution in [0.4, 0.5) is 0 Å². The Morgan fingerprint density at radius 3 is 1.62 bits per heavy atom. The van der Waals surface area contributed by atoms with E-state index in [2.05, 4.69) is 33.5 Å². The van der Waals surface area contributed by atoms with Crippen molar-refractivity contribution in [3.63, 3.8) is 0 Å². The average molecular weight is 1430 g/mol. The SMILES string of the molecule is CCCCCCCCCCCOc1cccc(C(=O)N[C@@H]2C(O[C@H]3C(O)C(NC(C)=O)[C@H](OC(C)C(CO)O[C@@H](O[C@H]4C(O)C(NC(C)=O)C(OC5C(CO[C@@H]6OC(C)C(O)[C@H](O)[C@H]6O)OC(O)[C@@H](NC(C)=O)[C@H]5O)O[C@H]4CO)[C@H](CO)NC(C)=O)O[C@H]3CO)OC(CO)[C@@H](O)[C@@H]2O)c1. The molecule has 5 aliphatic heterocycles. The van der Waals surface area contributed by atoms with Gasteiger partial charge in [0.15, 0.2) is 37.7 Å². The zero-order chi connectivity index (χ0) is 72.9. The molecule has 29 atom stereocenters. The van der Waals surface area contributed by atoms with Crippen LogP contribution < -0.4 is 31.3 Å². The Kier molecular flexibility index (Phi) is 34.0. The molecule has 0 saturated carbocycles. The molecule has 5 fully saturated rings. The van der Waals surface area contributed by atoms with E-state index in [0.717, 1.165) is 53.4 Å². The van der Waals surface area contributed by atoms with E-state index in [9.17, 15) is 95.5 Å². The number of aliphatic hydroxyl groups excluding tert-OH is 14. The number of aliphatic hydroxyl groups is 14. The van der Waals surface area contributed by atoms with Gasteiger partial charge in [0.25, 0.3) is 5.91 Å². The molecule has 36 nitrogen and oxygen atoms in total. The van der Waals surface area contributed by atoms with E-state index >= 15 is 0 Å². The van der Waals surface area contributed by atoms with Crippen LogP contribution in [-0.4, -0.2) is 325 Å². The fourth-order valence-electron chi connectivity index (χ4n) is 12.3. The van der Waals surface area contributed by atoms with Gasteiger partial charge in [-0.25, -0.2) is 0 Å². The van der Waals surface area contributed by atoms with Gasteiger partial charge in [0.2, 0.25) is 23.6 Å². The Labute approximate surface area is 572 Å². The fraction of sp³-hybridized carbons (Fsp3) is 0.825. The molecule has 14 unspecified atom stereocenters. The third kappa shape index (κ3) is 22.9. The first kappa shape index (κ1) is 83.3. The lowest BCUT2D eigenvalue weighted by Crippen LogP contribution is -2.70. The molecule has 5 aliphatic rings. The quantitative estimate of drug-likeness (QED) is 0.0218. The summed E-state index contributed by atoms with van der Waals surface area (Å²) in [6.45, 7) is 3.83. The second kappa shape index (κ2) is 40.4. The first-order chi connectivity index (χ1) is 47.1. The van der Waals surface area contributed by atoms with Crippen LogP contribution in [0.1, 0.15) is 117 Å². The van der Waals surface area contributed by atoms with Crippen LogP contribution in [0.15, 0.2) is 24.3 Å². The highest BCUT2D eigenvalue weighted by Crippen LogP contribution is 2.35. The number of rotatable bonds is 37. The van der Waals surface area contributed by atoms with Gasteiger partial charge in [-0.3, -0.25) is 24.0 Å². The van der Waals surface area contributed by atoms with E-state index in [-0.39, 0.29) is 5.56 Å². The van der Waals surface area contributed by atoms with Crippen molar-refractivity contribution in [3.05, 3.63) is 29.8 Å². The van der Waals surface area contributed by atoms with Crippen LogP contribution >= 0.6 is 0 Å². The van der Waals surface area contributed by atoms with Crippen molar-refractivity contribution in [2.45, 2.75) is 284 Å². The van der Waals surface area contributed by atoms with Crippen molar-refractivity contribution >= 4 is 29.5 Å². The van der Waals surface area contributed by atoms with Gasteiger partial charge in [-0.05, 0) is 38.5 Å². The highest BCUT2D eigenvalue weighted by atomic mass is 16.8. The van der Waals surface area contributed by atoms with Gasteiger partial charge in [0.05, 0.1) is 58.5 Å². The maximum Gasteiger partial charge on any atom is 0.251 e. The molecule has 5 heterocycles. The lowest BCUT2D eigenvalue weighted by atomic mass is 9.94. The Balaban J connectivity index is 1.19. The van der Waals surface area contributed by atoms with Crippen LogP contribution in [0.3, 0.4) is 0 Å². The van der Waals surface area contributed by atoms with E-state index < -0.39 is 247 Å². The molecular formula is C63H105N5O31. The molecule has 1 aromatic rings. The van der Waals surface area contributed by atoms with Crippen molar-refractivity contribution in [1.82, 2.24) is 26.6 Å². The summed E-state index contributed by atoms with van der Waals surface area (Å²) in [7, 11) is 0. The Hall–Kier alpha value is -4.63. The number of amides is 5. The minimum atomic E-state index is -2.08. The number of benzene rings is 1. The van der Waals surface area contributed by atoms with Crippen LogP contribution in [0, 0.1) is 0 Å². The van der Waals surface area contributed by atoms with Gasteiger partial charge in [-0.2, -0.15) is 0 Å². The predicted molar refractivity (Wildman–Crippen MR) is 335 cm³/mol. The summed E-state index contributed by atoms with van der Waals surface area (Å²) in [5.41, 5.74) is 0.0691.